The zero-order valence-electron chi connectivity index (χ0n) is 22.5. The second-order valence-electron chi connectivity index (χ2n) is 9.97. The molecule has 210 valence electrons. The number of ether oxygens (including phenoxy) is 3. The molecule has 10 heteroatoms. The Morgan fingerprint density at radius 2 is 2.05 bits per heavy atom. The average Bonchev–Trinajstić information content (AvgIpc) is 2.94. The van der Waals surface area contributed by atoms with E-state index in [1.807, 2.05) is 29.2 Å². The van der Waals surface area contributed by atoms with Crippen molar-refractivity contribution in [3.8, 4) is 11.5 Å². The highest BCUT2D eigenvalue weighted by Crippen LogP contribution is 2.24. The first-order valence-corrected chi connectivity index (χ1v) is 13.7. The summed E-state index contributed by atoms with van der Waals surface area (Å²) in [7, 11) is 1.68. The van der Waals surface area contributed by atoms with Gasteiger partial charge in [-0.3, -0.25) is 19.4 Å². The van der Waals surface area contributed by atoms with Crippen molar-refractivity contribution in [2.45, 2.75) is 63.7 Å². The van der Waals surface area contributed by atoms with Gasteiger partial charge in [0.2, 0.25) is 11.8 Å². The maximum absolute atomic E-state index is 12.9. The lowest BCUT2D eigenvalue weighted by Gasteiger charge is -2.39. The molecule has 0 saturated carbocycles. The highest BCUT2D eigenvalue weighted by Gasteiger charge is 2.33. The Balaban J connectivity index is 1.44. The molecule has 1 saturated heterocycles. The monoisotopic (exact) mass is 538 g/mol. The molecule has 3 heterocycles. The van der Waals surface area contributed by atoms with Gasteiger partial charge in [0.15, 0.2) is 0 Å². The van der Waals surface area contributed by atoms with Gasteiger partial charge in [0, 0.05) is 52.4 Å². The Bertz CT molecular complexity index is 1130. The van der Waals surface area contributed by atoms with Gasteiger partial charge in [0.1, 0.15) is 11.5 Å². The van der Waals surface area contributed by atoms with Crippen LogP contribution in [0, 0.1) is 0 Å². The van der Waals surface area contributed by atoms with Crippen molar-refractivity contribution in [2.24, 2.45) is 0 Å². The van der Waals surface area contributed by atoms with Crippen LogP contribution in [0.5, 0.6) is 11.5 Å². The summed E-state index contributed by atoms with van der Waals surface area (Å²) in [5.41, 5.74) is 1.29. The van der Waals surface area contributed by atoms with Gasteiger partial charge in [-0.15, -0.1) is 0 Å². The molecule has 1 fully saturated rings. The Morgan fingerprint density at radius 3 is 2.92 bits per heavy atom. The number of hydrogen-bond acceptors (Lipinski definition) is 7. The van der Waals surface area contributed by atoms with E-state index in [0.29, 0.717) is 69.2 Å². The maximum atomic E-state index is 12.9. The van der Waals surface area contributed by atoms with Gasteiger partial charge < -0.3 is 29.7 Å². The summed E-state index contributed by atoms with van der Waals surface area (Å²) in [6.45, 7) is 2.38. The topological polar surface area (TPSA) is 119 Å². The van der Waals surface area contributed by atoms with Gasteiger partial charge in [-0.25, -0.2) is 0 Å². The SMILES string of the molecule is COCCCCCC(=O)N1CC[C@@H]2OCc3cccc(c3)Oc3cncc(c3)C(=O)NCCCC(=O)N[C@H]2C1. The minimum Gasteiger partial charge on any atom is -0.456 e. The molecule has 2 aliphatic heterocycles. The summed E-state index contributed by atoms with van der Waals surface area (Å²) in [5, 5.41) is 5.93. The van der Waals surface area contributed by atoms with E-state index in [2.05, 4.69) is 15.6 Å². The van der Waals surface area contributed by atoms with Crippen LogP contribution >= 0.6 is 0 Å². The summed E-state index contributed by atoms with van der Waals surface area (Å²) >= 11 is 0. The molecule has 2 atom stereocenters. The molecule has 2 N–H and O–H groups in total. The molecule has 39 heavy (non-hydrogen) atoms. The van der Waals surface area contributed by atoms with Crippen molar-refractivity contribution in [3.63, 3.8) is 0 Å². The van der Waals surface area contributed by atoms with Crippen molar-refractivity contribution in [1.29, 1.82) is 0 Å². The van der Waals surface area contributed by atoms with Crippen LogP contribution in [0.15, 0.2) is 42.7 Å². The van der Waals surface area contributed by atoms with Gasteiger partial charge in [-0.2, -0.15) is 0 Å². The normalized spacial score (nSPS) is 20.5. The Hall–Kier alpha value is -3.50. The average molecular weight is 539 g/mol. The second-order valence-corrected chi connectivity index (χ2v) is 9.97. The molecule has 1 aromatic heterocycles. The third-order valence-corrected chi connectivity index (χ3v) is 6.93. The van der Waals surface area contributed by atoms with Gasteiger partial charge in [-0.1, -0.05) is 18.6 Å². The number of likely N-dealkylation sites (tertiary alicyclic amines) is 1. The predicted octanol–water partition coefficient (Wildman–Crippen LogP) is 3.21. The maximum Gasteiger partial charge on any atom is 0.252 e. The quantitative estimate of drug-likeness (QED) is 0.542. The molecule has 0 unspecified atom stereocenters. The number of carbonyl (C=O) groups is 3. The number of nitrogens with zero attached hydrogens (tertiary/aromatic N) is 2. The number of methoxy groups -OCH3 is 1. The van der Waals surface area contributed by atoms with E-state index in [1.54, 1.807) is 19.4 Å². The first-order valence-electron chi connectivity index (χ1n) is 13.7. The fraction of sp³-hybridized carbons (Fsp3) is 0.517. The van der Waals surface area contributed by atoms with Gasteiger partial charge in [-0.05, 0) is 49.4 Å². The second kappa shape index (κ2) is 14.6. The standard InChI is InChI=1S/C29H38N4O6/c1-37-14-4-2-3-10-28(35)33-13-11-26-25(19-33)32-27(34)9-6-12-31-29(36)22-16-24(18-30-17-22)39-23-8-5-7-21(15-23)20-38-26/h5,7-8,15-18,25-26H,2-4,6,9-14,19-20H2,1H3,(H,31,36)(H,32,34)/t25-,26-/m0/s1. The van der Waals surface area contributed by atoms with Crippen molar-refractivity contribution in [1.82, 2.24) is 20.5 Å². The predicted molar refractivity (Wildman–Crippen MR) is 144 cm³/mol. The number of hydrogen-bond donors (Lipinski definition) is 2. The van der Waals surface area contributed by atoms with Crippen LogP contribution in [0.3, 0.4) is 0 Å². The van der Waals surface area contributed by atoms with Crippen molar-refractivity contribution >= 4 is 17.7 Å². The van der Waals surface area contributed by atoms with Crippen molar-refractivity contribution < 1.29 is 28.6 Å². The highest BCUT2D eigenvalue weighted by atomic mass is 16.5. The summed E-state index contributed by atoms with van der Waals surface area (Å²) in [6, 6.07) is 8.86. The molecule has 1 aromatic carbocycles. The number of amides is 3. The third-order valence-electron chi connectivity index (χ3n) is 6.93. The molecule has 3 amide bonds. The van der Waals surface area contributed by atoms with Crippen LogP contribution < -0.4 is 15.4 Å². The van der Waals surface area contributed by atoms with Gasteiger partial charge >= 0.3 is 0 Å². The van der Waals surface area contributed by atoms with Crippen LogP contribution in [-0.2, 0) is 25.7 Å². The minimum absolute atomic E-state index is 0.102. The summed E-state index contributed by atoms with van der Waals surface area (Å²) in [5.74, 6) is 0.756. The number of piperidine rings is 1. The first-order chi connectivity index (χ1) is 19.0. The summed E-state index contributed by atoms with van der Waals surface area (Å²) < 4.78 is 17.3. The lowest BCUT2D eigenvalue weighted by Crippen LogP contribution is -2.57. The zero-order valence-corrected chi connectivity index (χ0v) is 22.5. The zero-order chi connectivity index (χ0) is 27.5. The van der Waals surface area contributed by atoms with Gasteiger partial charge in [0.25, 0.3) is 5.91 Å². The van der Waals surface area contributed by atoms with E-state index in [-0.39, 0.29) is 36.3 Å². The van der Waals surface area contributed by atoms with E-state index in [1.165, 1.54) is 6.20 Å². The largest absolute Gasteiger partial charge is 0.456 e. The molecule has 10 nitrogen and oxygen atoms in total. The Kier molecular flexibility index (Phi) is 10.7. The molecule has 2 aliphatic rings. The molecular formula is C29H38N4O6. The molecule has 4 bridgehead atoms. The van der Waals surface area contributed by atoms with E-state index >= 15 is 0 Å². The van der Waals surface area contributed by atoms with Gasteiger partial charge in [0.05, 0.1) is 30.5 Å². The summed E-state index contributed by atoms with van der Waals surface area (Å²) in [6.07, 6.45) is 7.35. The molecule has 0 aliphatic carbocycles. The lowest BCUT2D eigenvalue weighted by molar-refractivity contribution is -0.137. The smallest absolute Gasteiger partial charge is 0.252 e. The fourth-order valence-electron chi connectivity index (χ4n) is 4.82. The molecule has 0 radical (unpaired) electrons. The van der Waals surface area contributed by atoms with Crippen LogP contribution in [0.25, 0.3) is 0 Å². The molecule has 4 rings (SSSR count). The van der Waals surface area contributed by atoms with Crippen LogP contribution in [0.2, 0.25) is 0 Å². The number of pyridine rings is 1. The number of rotatable bonds is 6. The molecule has 0 spiro atoms. The number of unbranched alkanes of at least 4 members (excludes halogenated alkanes) is 2. The van der Waals surface area contributed by atoms with Crippen molar-refractivity contribution in [3.05, 3.63) is 53.9 Å². The third kappa shape index (κ3) is 8.76. The summed E-state index contributed by atoms with van der Waals surface area (Å²) in [4.78, 5) is 44.2. The fourth-order valence-corrected chi connectivity index (χ4v) is 4.82. The van der Waals surface area contributed by atoms with E-state index in [4.69, 9.17) is 14.2 Å². The molecular weight excluding hydrogens is 500 g/mol. The van der Waals surface area contributed by atoms with Crippen molar-refractivity contribution in [2.75, 3.05) is 33.4 Å². The first kappa shape index (κ1) is 28.5. The Labute approximate surface area is 229 Å². The molecule has 2 aromatic rings. The van der Waals surface area contributed by atoms with Crippen LogP contribution in [0.1, 0.15) is 60.9 Å². The van der Waals surface area contributed by atoms with Crippen LogP contribution in [0.4, 0.5) is 0 Å². The number of benzene rings is 1. The number of fused-ring (bicyclic) bond motifs is 5. The van der Waals surface area contributed by atoms with E-state index in [0.717, 1.165) is 24.8 Å². The number of carbonyl (C=O) groups excluding carboxylic acids is 3. The minimum atomic E-state index is -0.317. The highest BCUT2D eigenvalue weighted by molar-refractivity contribution is 5.94. The van der Waals surface area contributed by atoms with Crippen LogP contribution in [-0.4, -0.2) is 73.1 Å². The van der Waals surface area contributed by atoms with E-state index < -0.39 is 0 Å². The number of nitrogens with one attached hydrogen (secondary N) is 2. The number of aromatic nitrogens is 1. The lowest BCUT2D eigenvalue weighted by atomic mass is 10.0. The van der Waals surface area contributed by atoms with E-state index in [9.17, 15) is 14.4 Å². The Morgan fingerprint density at radius 1 is 1.15 bits per heavy atom.